The molecule has 1 aromatic heterocycles. The standard InChI is InChI=1S/C13H22N4O2S/c1-4-14-12-15-9-11(10-16-12)20(18,19)17-7-5-13(2,3)6-8-17/h9-10H,4-8H2,1-3H3,(H,14,15,16). The number of sulfonamides is 1. The molecule has 6 nitrogen and oxygen atoms in total. The lowest BCUT2D eigenvalue weighted by Crippen LogP contribution is -2.41. The van der Waals surface area contributed by atoms with Gasteiger partial charge in [-0.25, -0.2) is 18.4 Å². The topological polar surface area (TPSA) is 75.2 Å². The van der Waals surface area contributed by atoms with Crippen LogP contribution < -0.4 is 5.32 Å². The smallest absolute Gasteiger partial charge is 0.246 e. The third-order valence-corrected chi connectivity index (χ3v) is 5.53. The van der Waals surface area contributed by atoms with Gasteiger partial charge < -0.3 is 5.32 Å². The summed E-state index contributed by atoms with van der Waals surface area (Å²) in [5.41, 5.74) is 0.220. The molecule has 112 valence electrons. The molecule has 0 radical (unpaired) electrons. The van der Waals surface area contributed by atoms with Crippen LogP contribution in [0.1, 0.15) is 33.6 Å². The number of aromatic nitrogens is 2. The second kappa shape index (κ2) is 5.65. The Kier molecular flexibility index (Phi) is 4.29. The second-order valence-corrected chi connectivity index (χ2v) is 7.78. The molecule has 0 bridgehead atoms. The zero-order valence-corrected chi connectivity index (χ0v) is 13.1. The first-order valence-corrected chi connectivity index (χ1v) is 8.35. The molecule has 2 heterocycles. The van der Waals surface area contributed by atoms with Gasteiger partial charge in [0.2, 0.25) is 16.0 Å². The van der Waals surface area contributed by atoms with E-state index in [0.717, 1.165) is 12.8 Å². The van der Waals surface area contributed by atoms with Gasteiger partial charge in [-0.05, 0) is 25.2 Å². The number of nitrogens with zero attached hydrogens (tertiary/aromatic N) is 3. The fourth-order valence-corrected chi connectivity index (χ4v) is 3.51. The maximum Gasteiger partial charge on any atom is 0.246 e. The third kappa shape index (κ3) is 3.27. The predicted octanol–water partition coefficient (Wildman–Crippen LogP) is 1.72. The summed E-state index contributed by atoms with van der Waals surface area (Å²) in [5.74, 6) is 0.450. The van der Waals surface area contributed by atoms with Crippen molar-refractivity contribution in [2.24, 2.45) is 5.41 Å². The molecule has 1 aliphatic heterocycles. The normalized spacial score (nSPS) is 19.8. The van der Waals surface area contributed by atoms with Crippen LogP contribution in [0.4, 0.5) is 5.95 Å². The van der Waals surface area contributed by atoms with E-state index in [-0.39, 0.29) is 10.3 Å². The quantitative estimate of drug-likeness (QED) is 0.916. The van der Waals surface area contributed by atoms with Crippen LogP contribution >= 0.6 is 0 Å². The Morgan fingerprint density at radius 2 is 1.80 bits per heavy atom. The van der Waals surface area contributed by atoms with Crippen LogP contribution in [0.5, 0.6) is 0 Å². The monoisotopic (exact) mass is 298 g/mol. The zero-order chi connectivity index (χ0) is 14.8. The van der Waals surface area contributed by atoms with Crippen molar-refractivity contribution in [3.63, 3.8) is 0 Å². The molecule has 7 heteroatoms. The van der Waals surface area contributed by atoms with E-state index >= 15 is 0 Å². The highest BCUT2D eigenvalue weighted by atomic mass is 32.2. The van der Waals surface area contributed by atoms with Gasteiger partial charge in [-0.2, -0.15) is 4.31 Å². The van der Waals surface area contributed by atoms with E-state index in [2.05, 4.69) is 29.1 Å². The molecular weight excluding hydrogens is 276 g/mol. The maximum atomic E-state index is 12.5. The maximum absolute atomic E-state index is 12.5. The van der Waals surface area contributed by atoms with Crippen LogP contribution in [-0.4, -0.2) is 42.3 Å². The largest absolute Gasteiger partial charge is 0.355 e. The van der Waals surface area contributed by atoms with Crippen LogP contribution in [-0.2, 0) is 10.0 Å². The molecule has 1 N–H and O–H groups in total. The fourth-order valence-electron chi connectivity index (χ4n) is 2.18. The number of rotatable bonds is 4. The highest BCUT2D eigenvalue weighted by Crippen LogP contribution is 2.32. The summed E-state index contributed by atoms with van der Waals surface area (Å²) in [7, 11) is -3.46. The van der Waals surface area contributed by atoms with Gasteiger partial charge in [0, 0.05) is 19.6 Å². The van der Waals surface area contributed by atoms with Crippen LogP contribution in [0.15, 0.2) is 17.3 Å². The summed E-state index contributed by atoms with van der Waals surface area (Å²) in [6.07, 6.45) is 4.51. The van der Waals surface area contributed by atoms with E-state index in [9.17, 15) is 8.42 Å². The molecule has 0 saturated carbocycles. The van der Waals surface area contributed by atoms with Gasteiger partial charge in [0.25, 0.3) is 0 Å². The van der Waals surface area contributed by atoms with Crippen molar-refractivity contribution in [3.8, 4) is 0 Å². The Labute approximate surface area is 120 Å². The summed E-state index contributed by atoms with van der Waals surface area (Å²) in [6, 6.07) is 0. The average molecular weight is 298 g/mol. The molecule has 0 unspecified atom stereocenters. The van der Waals surface area contributed by atoms with Crippen molar-refractivity contribution in [2.75, 3.05) is 25.0 Å². The zero-order valence-electron chi connectivity index (χ0n) is 12.3. The van der Waals surface area contributed by atoms with Gasteiger partial charge in [-0.15, -0.1) is 0 Å². The van der Waals surface area contributed by atoms with Crippen LogP contribution in [0.25, 0.3) is 0 Å². The van der Waals surface area contributed by atoms with Crippen LogP contribution in [0, 0.1) is 5.41 Å². The molecule has 1 saturated heterocycles. The van der Waals surface area contributed by atoms with E-state index in [1.807, 2.05) is 6.92 Å². The van der Waals surface area contributed by atoms with Crippen LogP contribution in [0.2, 0.25) is 0 Å². The van der Waals surface area contributed by atoms with Crippen molar-refractivity contribution >= 4 is 16.0 Å². The van der Waals surface area contributed by atoms with Crippen molar-refractivity contribution < 1.29 is 8.42 Å². The molecule has 1 aliphatic rings. The average Bonchev–Trinajstić information content (AvgIpc) is 2.39. The number of hydrogen-bond acceptors (Lipinski definition) is 5. The predicted molar refractivity (Wildman–Crippen MR) is 78.0 cm³/mol. The minimum absolute atomic E-state index is 0.166. The molecule has 0 amide bonds. The first kappa shape index (κ1) is 15.2. The Hall–Kier alpha value is -1.21. The van der Waals surface area contributed by atoms with Gasteiger partial charge in [-0.1, -0.05) is 13.8 Å². The summed E-state index contributed by atoms with van der Waals surface area (Å²) < 4.78 is 26.5. The van der Waals surface area contributed by atoms with E-state index in [4.69, 9.17) is 0 Å². The van der Waals surface area contributed by atoms with Crippen molar-refractivity contribution in [2.45, 2.75) is 38.5 Å². The number of piperidine rings is 1. The molecule has 0 spiro atoms. The highest BCUT2D eigenvalue weighted by molar-refractivity contribution is 7.89. The minimum Gasteiger partial charge on any atom is -0.355 e. The first-order valence-electron chi connectivity index (χ1n) is 6.91. The summed E-state index contributed by atoms with van der Waals surface area (Å²) in [6.45, 7) is 8.10. The molecule has 2 rings (SSSR count). The van der Waals surface area contributed by atoms with E-state index in [1.165, 1.54) is 16.7 Å². The lowest BCUT2D eigenvalue weighted by molar-refractivity contribution is 0.196. The van der Waals surface area contributed by atoms with Gasteiger partial charge in [0.15, 0.2) is 0 Å². The molecule has 0 aliphatic carbocycles. The van der Waals surface area contributed by atoms with E-state index < -0.39 is 10.0 Å². The number of hydrogen-bond donors (Lipinski definition) is 1. The third-order valence-electron chi connectivity index (χ3n) is 3.68. The summed E-state index contributed by atoms with van der Waals surface area (Å²) >= 11 is 0. The van der Waals surface area contributed by atoms with E-state index in [0.29, 0.717) is 25.6 Å². The van der Waals surface area contributed by atoms with Gasteiger partial charge in [-0.3, -0.25) is 0 Å². The van der Waals surface area contributed by atoms with E-state index in [1.54, 1.807) is 0 Å². The van der Waals surface area contributed by atoms with Crippen molar-refractivity contribution in [1.29, 1.82) is 0 Å². The summed E-state index contributed by atoms with van der Waals surface area (Å²) in [5, 5.41) is 2.95. The fraction of sp³-hybridized carbons (Fsp3) is 0.692. The molecule has 0 atom stereocenters. The minimum atomic E-state index is -3.46. The van der Waals surface area contributed by atoms with Crippen LogP contribution in [0.3, 0.4) is 0 Å². The Morgan fingerprint density at radius 3 is 2.30 bits per heavy atom. The number of anilines is 1. The first-order chi connectivity index (χ1) is 9.35. The molecule has 1 aromatic rings. The summed E-state index contributed by atoms with van der Waals surface area (Å²) in [4.78, 5) is 8.23. The van der Waals surface area contributed by atoms with Crippen molar-refractivity contribution in [1.82, 2.24) is 14.3 Å². The molecule has 0 aromatic carbocycles. The van der Waals surface area contributed by atoms with Crippen molar-refractivity contribution in [3.05, 3.63) is 12.4 Å². The highest BCUT2D eigenvalue weighted by Gasteiger charge is 2.33. The Bertz CT molecular complexity index is 544. The van der Waals surface area contributed by atoms with Gasteiger partial charge >= 0.3 is 0 Å². The molecule has 20 heavy (non-hydrogen) atoms. The Balaban J connectivity index is 2.14. The van der Waals surface area contributed by atoms with Gasteiger partial charge in [0.05, 0.1) is 12.4 Å². The Morgan fingerprint density at radius 1 is 1.25 bits per heavy atom. The molecule has 1 fully saturated rings. The number of nitrogens with one attached hydrogen (secondary N) is 1. The lowest BCUT2D eigenvalue weighted by atomic mass is 9.83. The lowest BCUT2D eigenvalue weighted by Gasteiger charge is -2.35. The second-order valence-electron chi connectivity index (χ2n) is 5.84. The van der Waals surface area contributed by atoms with Gasteiger partial charge in [0.1, 0.15) is 4.90 Å². The molecular formula is C13H22N4O2S. The SMILES string of the molecule is CCNc1ncc(S(=O)(=O)N2CCC(C)(C)CC2)cn1.